The highest BCUT2D eigenvalue weighted by atomic mass is 16.2. The fourth-order valence-electron chi connectivity index (χ4n) is 1.74. The smallest absolute Gasteiger partial charge is 0.269 e. The maximum Gasteiger partial charge on any atom is 0.269 e. The predicted octanol–water partition coefficient (Wildman–Crippen LogP) is 0.709. The number of nitrogens with one attached hydrogen (secondary N) is 2. The Morgan fingerprint density at radius 2 is 2.11 bits per heavy atom. The van der Waals surface area contributed by atoms with Gasteiger partial charge in [0.05, 0.1) is 0 Å². The molecule has 0 saturated heterocycles. The average molecular weight is 244 g/mol. The van der Waals surface area contributed by atoms with Crippen LogP contribution < -0.4 is 11.1 Å². The summed E-state index contributed by atoms with van der Waals surface area (Å²) in [6.07, 6.45) is 2.26. The zero-order valence-corrected chi connectivity index (χ0v) is 9.97. The van der Waals surface area contributed by atoms with Crippen LogP contribution in [0.25, 0.3) is 0 Å². The first-order chi connectivity index (χ1) is 8.79. The van der Waals surface area contributed by atoms with E-state index >= 15 is 0 Å². The van der Waals surface area contributed by atoms with Crippen molar-refractivity contribution in [3.63, 3.8) is 0 Å². The first kappa shape index (κ1) is 12.3. The number of hydrogen-bond donors (Lipinski definition) is 3. The molecule has 0 bridgehead atoms. The van der Waals surface area contributed by atoms with Crippen molar-refractivity contribution in [2.24, 2.45) is 5.73 Å². The van der Waals surface area contributed by atoms with Gasteiger partial charge in [-0.2, -0.15) is 5.10 Å². The van der Waals surface area contributed by atoms with Crippen molar-refractivity contribution in [2.75, 3.05) is 6.54 Å². The molecule has 1 amide bonds. The van der Waals surface area contributed by atoms with E-state index in [1.165, 1.54) is 0 Å². The Hall–Kier alpha value is -2.14. The van der Waals surface area contributed by atoms with E-state index in [0.717, 1.165) is 12.0 Å². The number of rotatable bonds is 5. The summed E-state index contributed by atoms with van der Waals surface area (Å²) < 4.78 is 0. The highest BCUT2D eigenvalue weighted by molar-refractivity contribution is 5.92. The first-order valence-electron chi connectivity index (χ1n) is 5.84. The standard InChI is InChI=1S/C13H16N4O/c14-9-11(8-10-4-2-1-3-5-10)16-13(18)12-6-7-15-17-12/h1-7,11H,8-9,14H2,(H,15,17)(H,16,18). The van der Waals surface area contributed by atoms with Gasteiger partial charge in [-0.05, 0) is 18.1 Å². The molecule has 5 heteroatoms. The molecule has 2 aromatic rings. The Balaban J connectivity index is 1.96. The molecule has 4 N–H and O–H groups in total. The van der Waals surface area contributed by atoms with Crippen LogP contribution in [-0.2, 0) is 6.42 Å². The number of H-pyrrole nitrogens is 1. The summed E-state index contributed by atoms with van der Waals surface area (Å²) in [4.78, 5) is 11.8. The first-order valence-corrected chi connectivity index (χ1v) is 5.84. The molecule has 94 valence electrons. The van der Waals surface area contributed by atoms with Gasteiger partial charge in [0.1, 0.15) is 5.69 Å². The number of benzene rings is 1. The third-order valence-electron chi connectivity index (χ3n) is 2.69. The quantitative estimate of drug-likeness (QED) is 0.724. The van der Waals surface area contributed by atoms with Gasteiger partial charge in [0.2, 0.25) is 0 Å². The van der Waals surface area contributed by atoms with Gasteiger partial charge in [-0.25, -0.2) is 0 Å². The molecule has 0 aliphatic carbocycles. The van der Waals surface area contributed by atoms with Gasteiger partial charge < -0.3 is 11.1 Å². The molecule has 18 heavy (non-hydrogen) atoms. The lowest BCUT2D eigenvalue weighted by Crippen LogP contribution is -2.41. The second kappa shape index (κ2) is 5.97. The van der Waals surface area contributed by atoms with E-state index in [1.54, 1.807) is 12.3 Å². The summed E-state index contributed by atoms with van der Waals surface area (Å²) in [7, 11) is 0. The van der Waals surface area contributed by atoms with Crippen molar-refractivity contribution in [1.29, 1.82) is 0 Å². The molecule has 5 nitrogen and oxygen atoms in total. The lowest BCUT2D eigenvalue weighted by atomic mass is 10.1. The normalized spacial score (nSPS) is 12.1. The number of carbonyl (C=O) groups excluding carboxylic acids is 1. The van der Waals surface area contributed by atoms with Crippen molar-refractivity contribution in [1.82, 2.24) is 15.5 Å². The van der Waals surface area contributed by atoms with E-state index in [4.69, 9.17) is 5.73 Å². The number of amides is 1. The van der Waals surface area contributed by atoms with Crippen LogP contribution in [0.3, 0.4) is 0 Å². The summed E-state index contributed by atoms with van der Waals surface area (Å²) in [6, 6.07) is 11.5. The topological polar surface area (TPSA) is 83.8 Å². The molecular weight excluding hydrogens is 228 g/mol. The van der Waals surface area contributed by atoms with Gasteiger partial charge in [-0.3, -0.25) is 9.89 Å². The summed E-state index contributed by atoms with van der Waals surface area (Å²) in [5, 5.41) is 9.25. The Labute approximate surface area is 105 Å². The van der Waals surface area contributed by atoms with Gasteiger partial charge in [-0.15, -0.1) is 0 Å². The highest BCUT2D eigenvalue weighted by Crippen LogP contribution is 2.03. The fraction of sp³-hybridized carbons (Fsp3) is 0.231. The van der Waals surface area contributed by atoms with Crippen molar-refractivity contribution in [3.05, 3.63) is 53.9 Å². The van der Waals surface area contributed by atoms with Gasteiger partial charge in [0, 0.05) is 18.8 Å². The van der Waals surface area contributed by atoms with E-state index in [-0.39, 0.29) is 11.9 Å². The molecule has 1 aromatic carbocycles. The maximum atomic E-state index is 11.8. The summed E-state index contributed by atoms with van der Waals surface area (Å²) in [5.41, 5.74) is 7.28. The number of aromatic amines is 1. The molecule has 0 fully saturated rings. The minimum absolute atomic E-state index is 0.0804. The second-order valence-corrected chi connectivity index (χ2v) is 4.07. The van der Waals surface area contributed by atoms with Crippen LogP contribution in [0.2, 0.25) is 0 Å². The lowest BCUT2D eigenvalue weighted by Gasteiger charge is -2.16. The van der Waals surface area contributed by atoms with Gasteiger partial charge in [0.15, 0.2) is 0 Å². The van der Waals surface area contributed by atoms with Crippen molar-refractivity contribution in [3.8, 4) is 0 Å². The monoisotopic (exact) mass is 244 g/mol. The van der Waals surface area contributed by atoms with Crippen molar-refractivity contribution in [2.45, 2.75) is 12.5 Å². The van der Waals surface area contributed by atoms with E-state index < -0.39 is 0 Å². The number of aromatic nitrogens is 2. The fourth-order valence-corrected chi connectivity index (χ4v) is 1.74. The molecule has 2 rings (SSSR count). The second-order valence-electron chi connectivity index (χ2n) is 4.07. The van der Waals surface area contributed by atoms with Crippen LogP contribution in [0.15, 0.2) is 42.6 Å². The minimum Gasteiger partial charge on any atom is -0.346 e. The van der Waals surface area contributed by atoms with E-state index in [9.17, 15) is 4.79 Å². The third-order valence-corrected chi connectivity index (χ3v) is 2.69. The summed E-state index contributed by atoms with van der Waals surface area (Å²) in [6.45, 7) is 0.398. The van der Waals surface area contributed by atoms with E-state index in [0.29, 0.717) is 12.2 Å². The van der Waals surface area contributed by atoms with Gasteiger partial charge >= 0.3 is 0 Å². The molecule has 0 spiro atoms. The van der Waals surface area contributed by atoms with E-state index in [1.807, 2.05) is 30.3 Å². The SMILES string of the molecule is NCC(Cc1ccccc1)NC(=O)c1ccn[nH]1. The largest absolute Gasteiger partial charge is 0.346 e. The van der Waals surface area contributed by atoms with Crippen LogP contribution in [0, 0.1) is 0 Å². The van der Waals surface area contributed by atoms with Gasteiger partial charge in [-0.1, -0.05) is 30.3 Å². The van der Waals surface area contributed by atoms with Crippen molar-refractivity contribution < 1.29 is 4.79 Å². The zero-order chi connectivity index (χ0) is 12.8. The Morgan fingerprint density at radius 3 is 2.72 bits per heavy atom. The van der Waals surface area contributed by atoms with Crippen LogP contribution in [0.5, 0.6) is 0 Å². The molecule has 1 aromatic heterocycles. The average Bonchev–Trinajstić information content (AvgIpc) is 2.93. The Morgan fingerprint density at radius 1 is 1.33 bits per heavy atom. The highest BCUT2D eigenvalue weighted by Gasteiger charge is 2.13. The Bertz CT molecular complexity index is 481. The summed E-state index contributed by atoms with van der Waals surface area (Å²) in [5.74, 6) is -0.182. The van der Waals surface area contributed by atoms with Gasteiger partial charge in [0.25, 0.3) is 5.91 Å². The molecule has 0 radical (unpaired) electrons. The van der Waals surface area contributed by atoms with Crippen molar-refractivity contribution >= 4 is 5.91 Å². The Kier molecular flexibility index (Phi) is 4.09. The number of carbonyl (C=O) groups is 1. The number of hydrogen-bond acceptors (Lipinski definition) is 3. The number of nitrogens with two attached hydrogens (primary N) is 1. The molecule has 0 aliphatic heterocycles. The molecule has 0 aliphatic rings. The zero-order valence-electron chi connectivity index (χ0n) is 9.97. The predicted molar refractivity (Wildman–Crippen MR) is 69.0 cm³/mol. The lowest BCUT2D eigenvalue weighted by molar-refractivity contribution is 0.0933. The summed E-state index contributed by atoms with van der Waals surface area (Å²) >= 11 is 0. The van der Waals surface area contributed by atoms with E-state index in [2.05, 4.69) is 15.5 Å². The molecular formula is C13H16N4O. The molecule has 1 atom stereocenters. The third kappa shape index (κ3) is 3.18. The van der Waals surface area contributed by atoms with Crippen LogP contribution in [0.4, 0.5) is 0 Å². The molecule has 0 saturated carbocycles. The van der Waals surface area contributed by atoms with Crippen LogP contribution >= 0.6 is 0 Å². The van der Waals surface area contributed by atoms with Crippen LogP contribution in [0.1, 0.15) is 16.1 Å². The number of nitrogens with zero attached hydrogens (tertiary/aromatic N) is 1. The van der Waals surface area contributed by atoms with Crippen LogP contribution in [-0.4, -0.2) is 28.7 Å². The maximum absolute atomic E-state index is 11.8. The minimum atomic E-state index is -0.182. The molecule has 1 unspecified atom stereocenters. The molecule has 1 heterocycles.